The van der Waals surface area contributed by atoms with Crippen molar-refractivity contribution in [2.24, 2.45) is 7.05 Å². The molecule has 0 atom stereocenters. The van der Waals surface area contributed by atoms with Gasteiger partial charge >= 0.3 is 0 Å². The second-order valence-electron chi connectivity index (χ2n) is 4.00. The minimum atomic E-state index is 0.166. The number of hydrogen-bond donors (Lipinski definition) is 1. The average Bonchev–Trinajstić information content (AvgIpc) is 2.50. The summed E-state index contributed by atoms with van der Waals surface area (Å²) in [5.74, 6) is 0.688. The van der Waals surface area contributed by atoms with Crippen molar-refractivity contribution in [3.63, 3.8) is 0 Å². The number of rotatable bonds is 4. The van der Waals surface area contributed by atoms with Gasteiger partial charge in [0.15, 0.2) is 0 Å². The molecule has 1 fully saturated rings. The smallest absolute Gasteiger partial charge is 0.0964 e. The van der Waals surface area contributed by atoms with Crippen molar-refractivity contribution >= 4 is 11.6 Å². The SMILES string of the molecule is Cn1cc(CNC2(CCl)CCC2)nn1. The monoisotopic (exact) mass is 214 g/mol. The molecule has 1 N–H and O–H groups in total. The van der Waals surface area contributed by atoms with Gasteiger partial charge in [-0.05, 0) is 19.3 Å². The van der Waals surface area contributed by atoms with Crippen LogP contribution in [-0.2, 0) is 13.6 Å². The second kappa shape index (κ2) is 3.87. The largest absolute Gasteiger partial charge is 0.304 e. The van der Waals surface area contributed by atoms with E-state index in [0.29, 0.717) is 5.88 Å². The lowest BCUT2D eigenvalue weighted by Crippen LogP contribution is -2.52. The topological polar surface area (TPSA) is 42.7 Å². The van der Waals surface area contributed by atoms with Gasteiger partial charge in [-0.3, -0.25) is 4.68 Å². The molecule has 0 aliphatic heterocycles. The highest BCUT2D eigenvalue weighted by Crippen LogP contribution is 2.32. The summed E-state index contributed by atoms with van der Waals surface area (Å²) in [7, 11) is 1.87. The number of aromatic nitrogens is 3. The first-order chi connectivity index (χ1) is 6.74. The normalized spacial score (nSPS) is 19.3. The molecule has 0 bridgehead atoms. The van der Waals surface area contributed by atoms with Gasteiger partial charge < -0.3 is 5.32 Å². The summed E-state index contributed by atoms with van der Waals surface area (Å²) in [6.45, 7) is 0.764. The first kappa shape index (κ1) is 9.93. The van der Waals surface area contributed by atoms with E-state index >= 15 is 0 Å². The van der Waals surface area contributed by atoms with Crippen LogP contribution in [0.4, 0.5) is 0 Å². The van der Waals surface area contributed by atoms with Crippen LogP contribution in [0.15, 0.2) is 6.20 Å². The Kier molecular flexibility index (Phi) is 2.74. The maximum Gasteiger partial charge on any atom is 0.0964 e. The molecule has 0 radical (unpaired) electrons. The fourth-order valence-electron chi connectivity index (χ4n) is 1.72. The van der Waals surface area contributed by atoms with Crippen molar-refractivity contribution in [2.45, 2.75) is 31.3 Å². The summed E-state index contributed by atoms with van der Waals surface area (Å²) in [4.78, 5) is 0. The average molecular weight is 215 g/mol. The van der Waals surface area contributed by atoms with Gasteiger partial charge in [0.25, 0.3) is 0 Å². The zero-order valence-electron chi connectivity index (χ0n) is 8.33. The van der Waals surface area contributed by atoms with E-state index in [2.05, 4.69) is 15.6 Å². The molecule has 1 aliphatic rings. The van der Waals surface area contributed by atoms with Crippen LogP contribution < -0.4 is 5.32 Å². The third-order valence-electron chi connectivity index (χ3n) is 2.86. The zero-order chi connectivity index (χ0) is 10.0. The second-order valence-corrected chi connectivity index (χ2v) is 4.27. The molecule has 1 saturated carbocycles. The molecule has 5 heteroatoms. The molecule has 1 aromatic heterocycles. The number of hydrogen-bond acceptors (Lipinski definition) is 3. The highest BCUT2D eigenvalue weighted by Gasteiger charge is 2.35. The number of aryl methyl sites for hydroxylation is 1. The van der Waals surface area contributed by atoms with Crippen LogP contribution in [0, 0.1) is 0 Å². The minimum absolute atomic E-state index is 0.166. The molecule has 0 spiro atoms. The van der Waals surface area contributed by atoms with E-state index in [1.165, 1.54) is 19.3 Å². The van der Waals surface area contributed by atoms with Gasteiger partial charge in [-0.25, -0.2) is 0 Å². The lowest BCUT2D eigenvalue weighted by atomic mass is 9.78. The number of alkyl halides is 1. The van der Waals surface area contributed by atoms with Crippen LogP contribution in [0.25, 0.3) is 0 Å². The lowest BCUT2D eigenvalue weighted by molar-refractivity contribution is 0.210. The van der Waals surface area contributed by atoms with Gasteiger partial charge in [-0.1, -0.05) is 5.21 Å². The third-order valence-corrected chi connectivity index (χ3v) is 3.37. The van der Waals surface area contributed by atoms with Crippen LogP contribution >= 0.6 is 11.6 Å². The van der Waals surface area contributed by atoms with Gasteiger partial charge in [0.1, 0.15) is 0 Å². The van der Waals surface area contributed by atoms with E-state index in [1.807, 2.05) is 13.2 Å². The third kappa shape index (κ3) is 1.91. The quantitative estimate of drug-likeness (QED) is 0.763. The summed E-state index contributed by atoms with van der Waals surface area (Å²) in [5.41, 5.74) is 1.14. The van der Waals surface area contributed by atoms with Crippen molar-refractivity contribution in [3.05, 3.63) is 11.9 Å². The molecule has 0 aromatic carbocycles. The maximum absolute atomic E-state index is 5.93. The molecule has 78 valence electrons. The number of halogens is 1. The first-order valence-electron chi connectivity index (χ1n) is 4.90. The Balaban J connectivity index is 1.87. The molecule has 4 nitrogen and oxygen atoms in total. The highest BCUT2D eigenvalue weighted by molar-refractivity contribution is 6.18. The first-order valence-corrected chi connectivity index (χ1v) is 5.44. The predicted molar refractivity (Wildman–Crippen MR) is 55.1 cm³/mol. The maximum atomic E-state index is 5.93. The fourth-order valence-corrected chi connectivity index (χ4v) is 2.08. The van der Waals surface area contributed by atoms with Crippen molar-refractivity contribution in [1.82, 2.24) is 20.3 Å². The Labute approximate surface area is 88.6 Å². The molecular formula is C9H15ClN4. The Morgan fingerprint density at radius 3 is 2.86 bits per heavy atom. The highest BCUT2D eigenvalue weighted by atomic mass is 35.5. The van der Waals surface area contributed by atoms with Crippen LogP contribution in [0.3, 0.4) is 0 Å². The zero-order valence-corrected chi connectivity index (χ0v) is 9.09. The molecule has 1 heterocycles. The molecule has 1 aromatic rings. The van der Waals surface area contributed by atoms with Crippen molar-refractivity contribution in [2.75, 3.05) is 5.88 Å². The van der Waals surface area contributed by atoms with Crippen molar-refractivity contribution in [1.29, 1.82) is 0 Å². The summed E-state index contributed by atoms with van der Waals surface area (Å²) >= 11 is 5.93. The van der Waals surface area contributed by atoms with E-state index < -0.39 is 0 Å². The summed E-state index contributed by atoms with van der Waals surface area (Å²) in [6, 6.07) is 0. The van der Waals surface area contributed by atoms with E-state index in [1.54, 1.807) is 4.68 Å². The molecule has 1 aliphatic carbocycles. The predicted octanol–water partition coefficient (Wildman–Crippen LogP) is 1.07. The van der Waals surface area contributed by atoms with Crippen LogP contribution in [-0.4, -0.2) is 26.4 Å². The van der Waals surface area contributed by atoms with E-state index in [0.717, 1.165) is 12.2 Å². The van der Waals surface area contributed by atoms with Crippen LogP contribution in [0.1, 0.15) is 25.0 Å². The summed E-state index contributed by atoms with van der Waals surface area (Å²) in [6.07, 6.45) is 5.56. The molecule has 2 rings (SSSR count). The lowest BCUT2D eigenvalue weighted by Gasteiger charge is -2.41. The molecule has 14 heavy (non-hydrogen) atoms. The Bertz CT molecular complexity index is 300. The molecular weight excluding hydrogens is 200 g/mol. The molecule has 0 unspecified atom stereocenters. The van der Waals surface area contributed by atoms with Gasteiger partial charge in [-0.2, -0.15) is 0 Å². The van der Waals surface area contributed by atoms with Gasteiger partial charge in [0.2, 0.25) is 0 Å². The minimum Gasteiger partial charge on any atom is -0.304 e. The Morgan fingerprint density at radius 1 is 1.64 bits per heavy atom. The van der Waals surface area contributed by atoms with E-state index in [4.69, 9.17) is 11.6 Å². The van der Waals surface area contributed by atoms with Gasteiger partial charge in [0, 0.05) is 31.2 Å². The van der Waals surface area contributed by atoms with Crippen LogP contribution in [0.5, 0.6) is 0 Å². The van der Waals surface area contributed by atoms with E-state index in [9.17, 15) is 0 Å². The Hall–Kier alpha value is -0.610. The molecule has 0 saturated heterocycles. The fraction of sp³-hybridized carbons (Fsp3) is 0.778. The van der Waals surface area contributed by atoms with Gasteiger partial charge in [0.05, 0.1) is 5.69 Å². The van der Waals surface area contributed by atoms with Crippen molar-refractivity contribution in [3.8, 4) is 0 Å². The Morgan fingerprint density at radius 2 is 2.43 bits per heavy atom. The van der Waals surface area contributed by atoms with Crippen molar-refractivity contribution < 1.29 is 0 Å². The standard InChI is InChI=1S/C9H15ClN4/c1-14-6-8(12-13-14)5-11-9(7-10)3-2-4-9/h6,11H,2-5,7H2,1H3. The number of nitrogens with zero attached hydrogens (tertiary/aromatic N) is 3. The molecule has 0 amide bonds. The van der Waals surface area contributed by atoms with Gasteiger partial charge in [-0.15, -0.1) is 16.7 Å². The van der Waals surface area contributed by atoms with E-state index in [-0.39, 0.29) is 5.54 Å². The van der Waals surface area contributed by atoms with Crippen LogP contribution in [0.2, 0.25) is 0 Å². The summed E-state index contributed by atoms with van der Waals surface area (Å²) < 4.78 is 1.71. The summed E-state index contributed by atoms with van der Waals surface area (Å²) in [5, 5.41) is 11.4. The number of nitrogens with one attached hydrogen (secondary N) is 1.